The Labute approximate surface area is 102 Å². The fourth-order valence-corrected chi connectivity index (χ4v) is 2.32. The van der Waals surface area contributed by atoms with E-state index in [-0.39, 0.29) is 6.42 Å². The summed E-state index contributed by atoms with van der Waals surface area (Å²) in [4.78, 5) is 15.2. The number of hydrogen-bond acceptors (Lipinski definition) is 4. The number of benzene rings is 1. The molecule has 0 aliphatic heterocycles. The summed E-state index contributed by atoms with van der Waals surface area (Å²) < 4.78 is 1.01. The zero-order valence-corrected chi connectivity index (χ0v) is 9.70. The highest BCUT2D eigenvalue weighted by Crippen LogP contribution is 2.26. The number of carbonyl (C=O) groups is 1. The van der Waals surface area contributed by atoms with Crippen LogP contribution in [0.5, 0.6) is 0 Å². The third-order valence-corrected chi connectivity index (χ3v) is 3.18. The molecule has 17 heavy (non-hydrogen) atoms. The molecule has 2 aromatic rings. The van der Waals surface area contributed by atoms with Crippen molar-refractivity contribution in [1.82, 2.24) is 4.98 Å². The Morgan fingerprint density at radius 3 is 3.00 bits per heavy atom. The van der Waals surface area contributed by atoms with Crippen molar-refractivity contribution in [3.05, 3.63) is 24.3 Å². The first-order valence-corrected chi connectivity index (χ1v) is 5.80. The van der Waals surface area contributed by atoms with Gasteiger partial charge >= 0.3 is 5.97 Å². The average Bonchev–Trinajstić information content (AvgIpc) is 2.70. The second-order valence-electron chi connectivity index (χ2n) is 3.43. The molecule has 86 valence electrons. The fourth-order valence-electron chi connectivity index (χ4n) is 1.40. The van der Waals surface area contributed by atoms with Crippen LogP contribution in [0.25, 0.3) is 10.2 Å². The van der Waals surface area contributed by atoms with E-state index in [4.69, 9.17) is 11.5 Å². The third-order valence-electron chi connectivity index (χ3n) is 2.21. The van der Waals surface area contributed by atoms with Crippen molar-refractivity contribution >= 4 is 32.7 Å². The zero-order valence-electron chi connectivity index (χ0n) is 8.88. The molecular weight excluding hydrogens is 236 g/mol. The number of nitrogens with one attached hydrogen (secondary N) is 1. The van der Waals surface area contributed by atoms with Crippen LogP contribution in [-0.2, 0) is 4.79 Å². The van der Waals surface area contributed by atoms with E-state index in [1.54, 1.807) is 0 Å². The molecule has 0 aliphatic rings. The van der Waals surface area contributed by atoms with E-state index in [0.29, 0.717) is 5.13 Å². The number of terminal acetylenes is 1. The summed E-state index contributed by atoms with van der Waals surface area (Å²) >= 11 is 1.41. The van der Waals surface area contributed by atoms with E-state index in [0.717, 1.165) is 10.2 Å². The van der Waals surface area contributed by atoms with Gasteiger partial charge in [0.25, 0.3) is 0 Å². The van der Waals surface area contributed by atoms with Gasteiger partial charge in [-0.3, -0.25) is 0 Å². The molecule has 0 bridgehead atoms. The van der Waals surface area contributed by atoms with Crippen LogP contribution in [0, 0.1) is 12.3 Å². The minimum absolute atomic E-state index is 0.130. The summed E-state index contributed by atoms with van der Waals surface area (Å²) in [5.74, 6) is 1.37. The molecule has 0 saturated carbocycles. The minimum atomic E-state index is -0.970. The Hall–Kier alpha value is -2.06. The lowest BCUT2D eigenvalue weighted by Gasteiger charge is -2.09. The largest absolute Gasteiger partial charge is 0.480 e. The molecule has 1 unspecified atom stereocenters. The number of aliphatic carboxylic acids is 1. The van der Waals surface area contributed by atoms with E-state index in [1.807, 2.05) is 24.3 Å². The van der Waals surface area contributed by atoms with Gasteiger partial charge in [-0.2, -0.15) is 0 Å². The lowest BCUT2D eigenvalue weighted by molar-refractivity contribution is -0.137. The molecular formula is C12H10N2O2S. The predicted molar refractivity (Wildman–Crippen MR) is 68.1 cm³/mol. The van der Waals surface area contributed by atoms with Crippen molar-refractivity contribution in [2.75, 3.05) is 5.32 Å². The molecule has 2 rings (SSSR count). The Morgan fingerprint density at radius 2 is 2.35 bits per heavy atom. The SMILES string of the molecule is C#CCC(Nc1nc2ccccc2s1)C(=O)O. The van der Waals surface area contributed by atoms with Crippen molar-refractivity contribution in [2.45, 2.75) is 12.5 Å². The summed E-state index contributed by atoms with van der Waals surface area (Å²) in [6, 6.07) is 6.84. The summed E-state index contributed by atoms with van der Waals surface area (Å²) in [6.45, 7) is 0. The lowest BCUT2D eigenvalue weighted by atomic mass is 10.2. The van der Waals surface area contributed by atoms with Crippen LogP contribution < -0.4 is 5.32 Å². The number of aromatic nitrogens is 1. The number of rotatable bonds is 4. The quantitative estimate of drug-likeness (QED) is 0.812. The Balaban J connectivity index is 2.22. The van der Waals surface area contributed by atoms with Crippen LogP contribution in [0.4, 0.5) is 5.13 Å². The van der Waals surface area contributed by atoms with Crippen LogP contribution in [0.1, 0.15) is 6.42 Å². The maximum Gasteiger partial charge on any atom is 0.327 e. The number of carboxylic acids is 1. The molecule has 0 amide bonds. The summed E-state index contributed by atoms with van der Waals surface area (Å²) in [5, 5.41) is 12.4. The van der Waals surface area contributed by atoms with Gasteiger partial charge in [0, 0.05) is 6.42 Å². The molecule has 1 heterocycles. The van der Waals surface area contributed by atoms with Crippen LogP contribution >= 0.6 is 11.3 Å². The zero-order chi connectivity index (χ0) is 12.3. The number of fused-ring (bicyclic) bond motifs is 1. The van der Waals surface area contributed by atoms with Gasteiger partial charge in [0.1, 0.15) is 6.04 Å². The van der Waals surface area contributed by atoms with E-state index in [9.17, 15) is 4.79 Å². The first-order chi connectivity index (χ1) is 8.20. The van der Waals surface area contributed by atoms with Crippen LogP contribution in [-0.4, -0.2) is 22.1 Å². The molecule has 2 N–H and O–H groups in total. The molecule has 1 aromatic carbocycles. The molecule has 0 radical (unpaired) electrons. The highest BCUT2D eigenvalue weighted by atomic mass is 32.1. The average molecular weight is 246 g/mol. The molecule has 1 aromatic heterocycles. The molecule has 0 spiro atoms. The number of para-hydroxylation sites is 1. The fraction of sp³-hybridized carbons (Fsp3) is 0.167. The van der Waals surface area contributed by atoms with Gasteiger partial charge in [0.2, 0.25) is 0 Å². The highest BCUT2D eigenvalue weighted by molar-refractivity contribution is 7.22. The number of nitrogens with zero attached hydrogens (tertiary/aromatic N) is 1. The number of anilines is 1. The maximum absolute atomic E-state index is 10.9. The van der Waals surface area contributed by atoms with Gasteiger partial charge in [-0.15, -0.1) is 12.3 Å². The van der Waals surface area contributed by atoms with Crippen LogP contribution in [0.15, 0.2) is 24.3 Å². The normalized spacial score (nSPS) is 11.9. The predicted octanol–water partition coefficient (Wildman–Crippen LogP) is 2.18. The highest BCUT2D eigenvalue weighted by Gasteiger charge is 2.17. The Morgan fingerprint density at radius 1 is 1.59 bits per heavy atom. The molecule has 0 fully saturated rings. The van der Waals surface area contributed by atoms with Gasteiger partial charge in [-0.25, -0.2) is 9.78 Å². The van der Waals surface area contributed by atoms with E-state index < -0.39 is 12.0 Å². The number of hydrogen-bond donors (Lipinski definition) is 2. The number of carboxylic acid groups (broad SMARTS) is 1. The van der Waals surface area contributed by atoms with Gasteiger partial charge < -0.3 is 10.4 Å². The molecule has 0 saturated heterocycles. The summed E-state index contributed by atoms with van der Waals surface area (Å²) in [5.41, 5.74) is 0.852. The smallest absolute Gasteiger partial charge is 0.327 e. The second-order valence-corrected chi connectivity index (χ2v) is 4.46. The molecule has 4 nitrogen and oxygen atoms in total. The van der Waals surface area contributed by atoms with Gasteiger partial charge in [0.05, 0.1) is 10.2 Å². The van der Waals surface area contributed by atoms with Crippen molar-refractivity contribution in [1.29, 1.82) is 0 Å². The summed E-state index contributed by atoms with van der Waals surface area (Å²) in [6.07, 6.45) is 5.26. The lowest BCUT2D eigenvalue weighted by Crippen LogP contribution is -2.28. The third kappa shape index (κ3) is 2.55. The van der Waals surface area contributed by atoms with Crippen LogP contribution in [0.3, 0.4) is 0 Å². The monoisotopic (exact) mass is 246 g/mol. The van der Waals surface area contributed by atoms with Crippen molar-refractivity contribution in [3.8, 4) is 12.3 Å². The van der Waals surface area contributed by atoms with Crippen molar-refractivity contribution in [2.24, 2.45) is 0 Å². The Bertz CT molecular complexity index is 552. The summed E-state index contributed by atoms with van der Waals surface area (Å²) in [7, 11) is 0. The van der Waals surface area contributed by atoms with E-state index >= 15 is 0 Å². The van der Waals surface area contributed by atoms with Crippen molar-refractivity contribution < 1.29 is 9.90 Å². The standard InChI is InChI=1S/C12H10N2O2S/c1-2-5-9(11(15)16)14-12-13-8-6-3-4-7-10(8)17-12/h1,3-4,6-7,9H,5H2,(H,13,14)(H,15,16). The van der Waals surface area contributed by atoms with Gasteiger partial charge in [0.15, 0.2) is 5.13 Å². The Kier molecular flexibility index (Phi) is 3.26. The maximum atomic E-state index is 10.9. The van der Waals surface area contributed by atoms with Crippen molar-refractivity contribution in [3.63, 3.8) is 0 Å². The topological polar surface area (TPSA) is 62.2 Å². The van der Waals surface area contributed by atoms with E-state index in [2.05, 4.69) is 16.2 Å². The number of thiazole rings is 1. The van der Waals surface area contributed by atoms with E-state index in [1.165, 1.54) is 11.3 Å². The molecule has 1 atom stereocenters. The first kappa shape index (κ1) is 11.4. The molecule has 0 aliphatic carbocycles. The minimum Gasteiger partial charge on any atom is -0.480 e. The first-order valence-electron chi connectivity index (χ1n) is 4.99. The van der Waals surface area contributed by atoms with Crippen LogP contribution in [0.2, 0.25) is 0 Å². The second kappa shape index (κ2) is 4.85. The van der Waals surface area contributed by atoms with Gasteiger partial charge in [-0.1, -0.05) is 23.5 Å². The van der Waals surface area contributed by atoms with Gasteiger partial charge in [-0.05, 0) is 12.1 Å². The molecule has 5 heteroatoms.